The highest BCUT2D eigenvalue weighted by Crippen LogP contribution is 2.33. The summed E-state index contributed by atoms with van der Waals surface area (Å²) in [5.41, 5.74) is 6.74. The minimum atomic E-state index is -0.718. The van der Waals surface area contributed by atoms with Crippen molar-refractivity contribution in [1.82, 2.24) is 5.43 Å². The lowest BCUT2D eigenvalue weighted by atomic mass is 10.2. The molecule has 0 atom stereocenters. The molecule has 0 heterocycles. The first-order valence-corrected chi connectivity index (χ1v) is 4.96. The van der Waals surface area contributed by atoms with Crippen molar-refractivity contribution in [3.05, 3.63) is 32.8 Å². The van der Waals surface area contributed by atoms with Crippen LogP contribution >= 0.6 is 23.8 Å². The standard InChI is InChI=1S/C8H7ClN4O3S/c9-5-1-2-6(14)4(7(5)13(15)16)3-11-12-8(10)17/h1-3,14H,(H3,10,12,17). The van der Waals surface area contributed by atoms with E-state index in [4.69, 9.17) is 17.3 Å². The van der Waals surface area contributed by atoms with E-state index < -0.39 is 10.6 Å². The Morgan fingerprint density at radius 1 is 1.71 bits per heavy atom. The van der Waals surface area contributed by atoms with Crippen molar-refractivity contribution >= 4 is 40.8 Å². The van der Waals surface area contributed by atoms with Crippen LogP contribution in [-0.4, -0.2) is 21.4 Å². The van der Waals surface area contributed by atoms with Crippen molar-refractivity contribution in [3.8, 4) is 5.75 Å². The molecule has 0 aliphatic heterocycles. The van der Waals surface area contributed by atoms with Gasteiger partial charge in [-0.15, -0.1) is 0 Å². The van der Waals surface area contributed by atoms with Crippen LogP contribution in [0.15, 0.2) is 17.2 Å². The summed E-state index contributed by atoms with van der Waals surface area (Å²) in [6, 6.07) is 2.44. The Labute approximate surface area is 106 Å². The molecule has 17 heavy (non-hydrogen) atoms. The van der Waals surface area contributed by atoms with E-state index in [1.54, 1.807) is 0 Å². The molecule has 0 bridgehead atoms. The number of rotatable bonds is 3. The number of phenolic OH excluding ortho intramolecular Hbond substituents is 1. The number of hydrogen-bond donors (Lipinski definition) is 3. The molecule has 4 N–H and O–H groups in total. The van der Waals surface area contributed by atoms with Gasteiger partial charge in [-0.2, -0.15) is 5.10 Å². The molecule has 9 heteroatoms. The first-order chi connectivity index (χ1) is 7.93. The van der Waals surface area contributed by atoms with Crippen molar-refractivity contribution in [2.24, 2.45) is 10.8 Å². The summed E-state index contributed by atoms with van der Waals surface area (Å²) in [4.78, 5) is 10.1. The average molecular weight is 275 g/mol. The molecule has 0 aliphatic carbocycles. The fraction of sp³-hybridized carbons (Fsp3) is 0. The van der Waals surface area contributed by atoms with Gasteiger partial charge < -0.3 is 10.8 Å². The number of phenols is 1. The van der Waals surface area contributed by atoms with Gasteiger partial charge in [-0.1, -0.05) is 11.6 Å². The SMILES string of the molecule is NC(=S)NN=Cc1c(O)ccc(Cl)c1[N+](=O)[O-]. The zero-order valence-electron chi connectivity index (χ0n) is 8.25. The summed E-state index contributed by atoms with van der Waals surface area (Å²) in [5.74, 6) is -0.324. The Balaban J connectivity index is 3.21. The maximum absolute atomic E-state index is 10.8. The average Bonchev–Trinajstić information content (AvgIpc) is 2.22. The molecule has 0 spiro atoms. The van der Waals surface area contributed by atoms with Crippen LogP contribution in [0.1, 0.15) is 5.56 Å². The Kier molecular flexibility index (Phi) is 4.18. The van der Waals surface area contributed by atoms with Gasteiger partial charge in [0.15, 0.2) is 5.11 Å². The first kappa shape index (κ1) is 13.1. The van der Waals surface area contributed by atoms with Crippen molar-refractivity contribution in [2.45, 2.75) is 0 Å². The Bertz CT molecular complexity index is 506. The molecule has 0 saturated carbocycles. The van der Waals surface area contributed by atoms with Gasteiger partial charge in [0, 0.05) is 0 Å². The molecular weight excluding hydrogens is 268 g/mol. The molecule has 1 aromatic rings. The largest absolute Gasteiger partial charge is 0.507 e. The fourth-order valence-electron chi connectivity index (χ4n) is 1.04. The van der Waals surface area contributed by atoms with E-state index in [0.29, 0.717) is 0 Å². The van der Waals surface area contributed by atoms with Crippen LogP contribution < -0.4 is 11.2 Å². The number of nitrogens with zero attached hydrogens (tertiary/aromatic N) is 2. The number of nitro groups is 1. The maximum Gasteiger partial charge on any atom is 0.300 e. The second-order valence-electron chi connectivity index (χ2n) is 2.82. The van der Waals surface area contributed by atoms with Gasteiger partial charge in [-0.25, -0.2) is 0 Å². The molecule has 0 aromatic heterocycles. The van der Waals surface area contributed by atoms with Gasteiger partial charge in [0.2, 0.25) is 0 Å². The topological polar surface area (TPSA) is 114 Å². The van der Waals surface area contributed by atoms with E-state index in [1.807, 2.05) is 0 Å². The summed E-state index contributed by atoms with van der Waals surface area (Å²) in [7, 11) is 0. The van der Waals surface area contributed by atoms with Gasteiger partial charge in [-0.05, 0) is 24.4 Å². The summed E-state index contributed by atoms with van der Waals surface area (Å²) in [5, 5.41) is 23.6. The van der Waals surface area contributed by atoms with Crippen LogP contribution in [0.2, 0.25) is 5.02 Å². The minimum Gasteiger partial charge on any atom is -0.507 e. The number of nitrogens with one attached hydrogen (secondary N) is 1. The molecule has 0 fully saturated rings. The van der Waals surface area contributed by atoms with Crippen LogP contribution in [0.4, 0.5) is 5.69 Å². The number of hydrazone groups is 1. The van der Waals surface area contributed by atoms with Gasteiger partial charge in [0.1, 0.15) is 16.3 Å². The van der Waals surface area contributed by atoms with Gasteiger partial charge in [-0.3, -0.25) is 15.5 Å². The minimum absolute atomic E-state index is 0.106. The number of thiocarbonyl (C=S) groups is 1. The number of hydrogen-bond acceptors (Lipinski definition) is 5. The molecule has 7 nitrogen and oxygen atoms in total. The van der Waals surface area contributed by atoms with Gasteiger partial charge >= 0.3 is 0 Å². The van der Waals surface area contributed by atoms with Crippen LogP contribution in [0.3, 0.4) is 0 Å². The van der Waals surface area contributed by atoms with Crippen molar-refractivity contribution in [3.63, 3.8) is 0 Å². The zero-order valence-corrected chi connectivity index (χ0v) is 9.83. The second-order valence-corrected chi connectivity index (χ2v) is 3.67. The molecule has 0 radical (unpaired) electrons. The van der Waals surface area contributed by atoms with Crippen molar-refractivity contribution < 1.29 is 10.0 Å². The Hall–Kier alpha value is -1.93. The number of nitrogens with two attached hydrogens (primary N) is 1. The van der Waals surface area contributed by atoms with Gasteiger partial charge in [0.25, 0.3) is 5.69 Å². The predicted molar refractivity (Wildman–Crippen MR) is 67.3 cm³/mol. The molecular formula is C8H7ClN4O3S. The summed E-state index contributed by atoms with van der Waals surface area (Å²) in [6.45, 7) is 0. The fourth-order valence-corrected chi connectivity index (χ4v) is 1.33. The normalized spacial score (nSPS) is 10.4. The van der Waals surface area contributed by atoms with Crippen LogP contribution in [0.5, 0.6) is 5.75 Å². The Morgan fingerprint density at radius 3 is 2.88 bits per heavy atom. The highest BCUT2D eigenvalue weighted by molar-refractivity contribution is 7.80. The smallest absolute Gasteiger partial charge is 0.300 e. The molecule has 1 rings (SSSR count). The number of halogens is 1. The van der Waals surface area contributed by atoms with Crippen LogP contribution in [0.25, 0.3) is 0 Å². The molecule has 0 unspecified atom stereocenters. The molecule has 0 amide bonds. The van der Waals surface area contributed by atoms with E-state index in [0.717, 1.165) is 6.21 Å². The van der Waals surface area contributed by atoms with Gasteiger partial charge in [0.05, 0.1) is 11.1 Å². The monoisotopic (exact) mass is 274 g/mol. The third-order valence-corrected chi connectivity index (χ3v) is 2.09. The van der Waals surface area contributed by atoms with E-state index in [-0.39, 0.29) is 21.4 Å². The van der Waals surface area contributed by atoms with E-state index >= 15 is 0 Å². The molecule has 0 saturated heterocycles. The summed E-state index contributed by atoms with van der Waals surface area (Å²) < 4.78 is 0. The third kappa shape index (κ3) is 3.26. The lowest BCUT2D eigenvalue weighted by molar-refractivity contribution is -0.384. The van der Waals surface area contributed by atoms with Crippen molar-refractivity contribution in [1.29, 1.82) is 0 Å². The molecule has 90 valence electrons. The third-order valence-electron chi connectivity index (χ3n) is 1.70. The maximum atomic E-state index is 10.8. The zero-order chi connectivity index (χ0) is 13.0. The quantitative estimate of drug-likeness (QED) is 0.329. The lowest BCUT2D eigenvalue weighted by Crippen LogP contribution is -2.24. The summed E-state index contributed by atoms with van der Waals surface area (Å²) in [6.07, 6.45) is 1.01. The van der Waals surface area contributed by atoms with E-state index in [1.165, 1.54) is 12.1 Å². The number of nitro benzene ring substituents is 1. The number of aromatic hydroxyl groups is 1. The highest BCUT2D eigenvalue weighted by atomic mass is 35.5. The van der Waals surface area contributed by atoms with Crippen LogP contribution in [0, 0.1) is 10.1 Å². The van der Waals surface area contributed by atoms with Crippen LogP contribution in [-0.2, 0) is 0 Å². The second kappa shape index (κ2) is 5.41. The molecule has 0 aliphatic rings. The highest BCUT2D eigenvalue weighted by Gasteiger charge is 2.20. The lowest BCUT2D eigenvalue weighted by Gasteiger charge is -2.02. The molecule has 1 aromatic carbocycles. The van der Waals surface area contributed by atoms with E-state index in [2.05, 4.69) is 22.7 Å². The van der Waals surface area contributed by atoms with Crippen molar-refractivity contribution in [2.75, 3.05) is 0 Å². The number of benzene rings is 1. The first-order valence-electron chi connectivity index (χ1n) is 4.18. The van der Waals surface area contributed by atoms with E-state index in [9.17, 15) is 15.2 Å². The summed E-state index contributed by atoms with van der Waals surface area (Å²) >= 11 is 10.1. The Morgan fingerprint density at radius 2 is 2.35 bits per heavy atom. The predicted octanol–water partition coefficient (Wildman–Crippen LogP) is 1.12.